The third-order valence-electron chi connectivity index (χ3n) is 6.76. The summed E-state index contributed by atoms with van der Waals surface area (Å²) in [6, 6.07) is 4.37. The molecule has 2 unspecified atom stereocenters. The summed E-state index contributed by atoms with van der Waals surface area (Å²) in [5.41, 5.74) is 1.37. The fraction of sp³-hybridized carbons (Fsp3) is 0.500. The van der Waals surface area contributed by atoms with E-state index in [-0.39, 0.29) is 30.5 Å². The van der Waals surface area contributed by atoms with Crippen LogP contribution in [-0.4, -0.2) is 41.3 Å². The molecule has 2 aliphatic heterocycles. The lowest BCUT2D eigenvalue weighted by atomic mass is 9.79. The Bertz CT molecular complexity index is 1030. The number of carbonyl (C=O) groups excluding carboxylic acids is 1. The van der Waals surface area contributed by atoms with Gasteiger partial charge in [-0.05, 0) is 43.9 Å². The van der Waals surface area contributed by atoms with Gasteiger partial charge in [-0.3, -0.25) is 9.88 Å². The average Bonchev–Trinajstić information content (AvgIpc) is 3.19. The minimum atomic E-state index is -4.21. The number of carbonyl (C=O) groups is 1. The molecule has 0 aromatic carbocycles. The number of halogens is 4. The van der Waals surface area contributed by atoms with Crippen molar-refractivity contribution in [1.29, 1.82) is 0 Å². The van der Waals surface area contributed by atoms with E-state index < -0.39 is 23.9 Å². The van der Waals surface area contributed by atoms with Crippen LogP contribution >= 0.6 is 0 Å². The SMILES string of the molecule is O=C(Nc1ccncc1F)N1c2nc(C3CCCC(C(F)(F)F)C3)ccc2N2CC[C@H]1C2. The molecule has 1 saturated heterocycles. The molecule has 6 nitrogen and oxygen atoms in total. The van der Waals surface area contributed by atoms with Gasteiger partial charge in [0.05, 0.1) is 29.5 Å². The molecule has 32 heavy (non-hydrogen) atoms. The Morgan fingerprint density at radius 2 is 2.00 bits per heavy atom. The van der Waals surface area contributed by atoms with E-state index in [4.69, 9.17) is 4.98 Å². The van der Waals surface area contributed by atoms with Crippen molar-refractivity contribution in [3.63, 3.8) is 0 Å². The molecular formula is C22H23F4N5O. The van der Waals surface area contributed by atoms with Gasteiger partial charge in [0.2, 0.25) is 0 Å². The Kier molecular flexibility index (Phi) is 5.17. The van der Waals surface area contributed by atoms with Gasteiger partial charge in [0.25, 0.3) is 0 Å². The highest BCUT2D eigenvalue weighted by Gasteiger charge is 2.44. The summed E-state index contributed by atoms with van der Waals surface area (Å²) < 4.78 is 53.9. The van der Waals surface area contributed by atoms with Gasteiger partial charge in [-0.1, -0.05) is 6.42 Å². The fourth-order valence-corrected chi connectivity index (χ4v) is 5.12. The molecule has 2 aromatic rings. The molecule has 1 aliphatic carbocycles. The van der Waals surface area contributed by atoms with Crippen LogP contribution in [-0.2, 0) is 0 Å². The van der Waals surface area contributed by atoms with Crippen LogP contribution in [0.3, 0.4) is 0 Å². The van der Waals surface area contributed by atoms with Gasteiger partial charge in [-0.25, -0.2) is 14.2 Å². The molecule has 0 spiro atoms. The van der Waals surface area contributed by atoms with Crippen molar-refractivity contribution in [2.45, 2.75) is 50.2 Å². The van der Waals surface area contributed by atoms with Crippen molar-refractivity contribution >= 4 is 23.2 Å². The van der Waals surface area contributed by atoms with Crippen molar-refractivity contribution in [3.05, 3.63) is 42.1 Å². The summed E-state index contributed by atoms with van der Waals surface area (Å²) in [4.78, 5) is 25.2. The van der Waals surface area contributed by atoms with Gasteiger partial charge in [0.1, 0.15) is 0 Å². The minimum absolute atomic E-state index is 0.0108. The second-order valence-corrected chi connectivity index (χ2v) is 8.73. The largest absolute Gasteiger partial charge is 0.391 e. The number of fused-ring (bicyclic) bond motifs is 4. The van der Waals surface area contributed by atoms with Crippen molar-refractivity contribution < 1.29 is 22.4 Å². The van der Waals surface area contributed by atoms with Crippen LogP contribution in [0.5, 0.6) is 0 Å². The number of hydrogen-bond donors (Lipinski definition) is 1. The van der Waals surface area contributed by atoms with Crippen LogP contribution in [0.4, 0.5) is 39.5 Å². The molecule has 1 N–H and O–H groups in total. The lowest BCUT2D eigenvalue weighted by Gasteiger charge is -2.37. The quantitative estimate of drug-likeness (QED) is 0.650. The van der Waals surface area contributed by atoms with Crippen molar-refractivity contribution in [3.8, 4) is 0 Å². The molecular weight excluding hydrogens is 426 g/mol. The first-order chi connectivity index (χ1) is 15.3. The number of urea groups is 1. The molecule has 2 amide bonds. The van der Waals surface area contributed by atoms with Gasteiger partial charge >= 0.3 is 12.2 Å². The predicted molar refractivity (Wildman–Crippen MR) is 111 cm³/mol. The number of pyridine rings is 2. The number of aromatic nitrogens is 2. The second kappa shape index (κ2) is 7.90. The fourth-order valence-electron chi connectivity index (χ4n) is 5.12. The number of nitrogens with zero attached hydrogens (tertiary/aromatic N) is 4. The van der Waals surface area contributed by atoms with Crippen molar-refractivity contribution in [2.75, 3.05) is 28.2 Å². The summed E-state index contributed by atoms with van der Waals surface area (Å²) >= 11 is 0. The third kappa shape index (κ3) is 3.75. The highest BCUT2D eigenvalue weighted by Crippen LogP contribution is 2.45. The Balaban J connectivity index is 1.45. The molecule has 2 aromatic heterocycles. The molecule has 170 valence electrons. The first kappa shape index (κ1) is 21.0. The predicted octanol–water partition coefficient (Wildman–Crippen LogP) is 5.08. The lowest BCUT2D eigenvalue weighted by Crippen LogP contribution is -2.48. The number of alkyl halides is 3. The maximum Gasteiger partial charge on any atom is 0.391 e. The zero-order valence-electron chi connectivity index (χ0n) is 17.3. The smallest absolute Gasteiger partial charge is 0.366 e. The van der Waals surface area contributed by atoms with E-state index in [1.807, 2.05) is 6.07 Å². The normalized spacial score (nSPS) is 24.9. The summed E-state index contributed by atoms with van der Waals surface area (Å²) in [5, 5.41) is 2.59. The van der Waals surface area contributed by atoms with Crippen LogP contribution in [0.25, 0.3) is 0 Å². The number of rotatable bonds is 2. The van der Waals surface area contributed by atoms with E-state index in [1.54, 1.807) is 6.07 Å². The van der Waals surface area contributed by atoms with Gasteiger partial charge in [0, 0.05) is 30.9 Å². The van der Waals surface area contributed by atoms with Crippen LogP contribution in [0.1, 0.15) is 43.7 Å². The standard InChI is InChI=1S/C22H23F4N5O/c23-16-11-27-8-6-18(16)29-21(32)31-15-7-9-30(12-15)19-5-4-17(28-20(19)31)13-2-1-3-14(10-13)22(24,25)26/h4-6,8,11,13-15H,1-3,7,9-10,12H2,(H,27,29,32)/t13?,14?,15-/m0/s1. The summed E-state index contributed by atoms with van der Waals surface area (Å²) in [6.07, 6.45) is 0.220. The first-order valence-electron chi connectivity index (χ1n) is 10.8. The summed E-state index contributed by atoms with van der Waals surface area (Å²) in [6.45, 7) is 1.39. The van der Waals surface area contributed by atoms with Crippen LogP contribution in [0, 0.1) is 11.7 Å². The Morgan fingerprint density at radius 1 is 1.16 bits per heavy atom. The van der Waals surface area contributed by atoms with E-state index in [0.717, 1.165) is 24.8 Å². The Morgan fingerprint density at radius 3 is 2.78 bits per heavy atom. The van der Waals surface area contributed by atoms with E-state index in [2.05, 4.69) is 15.2 Å². The Labute approximate surface area is 182 Å². The van der Waals surface area contributed by atoms with Gasteiger partial charge < -0.3 is 10.2 Å². The minimum Gasteiger partial charge on any atom is -0.366 e. The first-order valence-corrected chi connectivity index (χ1v) is 10.8. The third-order valence-corrected chi connectivity index (χ3v) is 6.76. The van der Waals surface area contributed by atoms with Gasteiger partial charge in [-0.2, -0.15) is 13.2 Å². The highest BCUT2D eigenvalue weighted by atomic mass is 19.4. The van der Waals surface area contributed by atoms with Crippen LogP contribution < -0.4 is 15.1 Å². The zero-order valence-corrected chi connectivity index (χ0v) is 17.3. The highest BCUT2D eigenvalue weighted by molar-refractivity contribution is 6.04. The molecule has 2 bridgehead atoms. The maximum atomic E-state index is 14.0. The molecule has 0 radical (unpaired) electrons. The molecule has 5 rings (SSSR count). The van der Waals surface area contributed by atoms with Crippen LogP contribution in [0.15, 0.2) is 30.6 Å². The molecule has 10 heteroatoms. The van der Waals surface area contributed by atoms with E-state index in [0.29, 0.717) is 30.9 Å². The zero-order chi connectivity index (χ0) is 22.5. The molecule has 3 aliphatic rings. The number of hydrogen-bond acceptors (Lipinski definition) is 4. The lowest BCUT2D eigenvalue weighted by molar-refractivity contribution is -0.183. The average molecular weight is 449 g/mol. The van der Waals surface area contributed by atoms with Gasteiger partial charge in [-0.15, -0.1) is 0 Å². The van der Waals surface area contributed by atoms with Crippen molar-refractivity contribution in [1.82, 2.24) is 9.97 Å². The number of amides is 2. The van der Waals surface area contributed by atoms with Gasteiger partial charge in [0.15, 0.2) is 11.6 Å². The van der Waals surface area contributed by atoms with E-state index >= 15 is 0 Å². The second-order valence-electron chi connectivity index (χ2n) is 8.73. The molecule has 4 heterocycles. The van der Waals surface area contributed by atoms with E-state index in [1.165, 1.54) is 17.2 Å². The molecule has 3 atom stereocenters. The maximum absolute atomic E-state index is 14.0. The topological polar surface area (TPSA) is 61.4 Å². The summed E-state index contributed by atoms with van der Waals surface area (Å²) in [5.74, 6) is -1.85. The molecule has 1 saturated carbocycles. The van der Waals surface area contributed by atoms with E-state index in [9.17, 15) is 22.4 Å². The number of anilines is 3. The number of nitrogens with one attached hydrogen (secondary N) is 1. The van der Waals surface area contributed by atoms with Crippen LogP contribution in [0.2, 0.25) is 0 Å². The monoisotopic (exact) mass is 449 g/mol. The molecule has 2 fully saturated rings. The summed E-state index contributed by atoms with van der Waals surface area (Å²) in [7, 11) is 0. The van der Waals surface area contributed by atoms with Crippen molar-refractivity contribution in [2.24, 2.45) is 5.92 Å². The Hall–Kier alpha value is -2.91.